The maximum atomic E-state index is 13.1. The first-order valence-corrected chi connectivity index (χ1v) is 6.19. The maximum absolute atomic E-state index is 13.1. The molecule has 0 unspecified atom stereocenters. The Morgan fingerprint density at radius 3 is 2.48 bits per heavy atom. The number of carboxylic acids is 1. The molecular weight excluding hydrogens is 314 g/mol. The molecule has 10 heteroatoms. The molecule has 0 aliphatic heterocycles. The summed E-state index contributed by atoms with van der Waals surface area (Å²) in [5.74, 6) is -3.09. The highest BCUT2D eigenvalue weighted by Crippen LogP contribution is 2.14. The van der Waals surface area contributed by atoms with Crippen molar-refractivity contribution in [2.75, 3.05) is 5.32 Å². The van der Waals surface area contributed by atoms with Crippen LogP contribution in [0.2, 0.25) is 0 Å². The summed E-state index contributed by atoms with van der Waals surface area (Å²) < 4.78 is 44.8. The molecule has 2 aromatic heterocycles. The number of aromatic nitrogens is 2. The van der Waals surface area contributed by atoms with Crippen molar-refractivity contribution in [2.24, 2.45) is 0 Å². The molecule has 2 heterocycles. The SMILES string of the molecule is Fc1cnccc1NCc1cncs1.O=C(O)C(F)(F)F. The van der Waals surface area contributed by atoms with E-state index < -0.39 is 12.1 Å². The highest BCUT2D eigenvalue weighted by Gasteiger charge is 2.38. The first-order valence-electron chi connectivity index (χ1n) is 5.31. The van der Waals surface area contributed by atoms with E-state index in [4.69, 9.17) is 9.90 Å². The summed E-state index contributed by atoms with van der Waals surface area (Å²) in [6.07, 6.45) is -0.580. The van der Waals surface area contributed by atoms with Gasteiger partial charge in [-0.3, -0.25) is 9.97 Å². The van der Waals surface area contributed by atoms with E-state index in [1.54, 1.807) is 24.0 Å². The van der Waals surface area contributed by atoms with Gasteiger partial charge in [-0.1, -0.05) is 0 Å². The van der Waals surface area contributed by atoms with Crippen LogP contribution in [-0.2, 0) is 11.3 Å². The van der Waals surface area contributed by atoms with Gasteiger partial charge in [-0.05, 0) is 6.07 Å². The number of hydrogen-bond donors (Lipinski definition) is 2. The average molecular weight is 323 g/mol. The van der Waals surface area contributed by atoms with Crippen LogP contribution in [0.3, 0.4) is 0 Å². The Hall–Kier alpha value is -2.23. The zero-order chi connectivity index (χ0) is 15.9. The van der Waals surface area contributed by atoms with Gasteiger partial charge in [0.25, 0.3) is 0 Å². The van der Waals surface area contributed by atoms with Crippen molar-refractivity contribution in [3.05, 3.63) is 40.9 Å². The van der Waals surface area contributed by atoms with Gasteiger partial charge in [0, 0.05) is 17.3 Å². The Morgan fingerprint density at radius 1 is 1.33 bits per heavy atom. The van der Waals surface area contributed by atoms with Crippen LogP contribution in [0, 0.1) is 5.82 Å². The third-order valence-corrected chi connectivity index (χ3v) is 2.73. The van der Waals surface area contributed by atoms with Crippen molar-refractivity contribution in [1.29, 1.82) is 0 Å². The lowest BCUT2D eigenvalue weighted by atomic mass is 10.4. The van der Waals surface area contributed by atoms with Gasteiger partial charge in [0.2, 0.25) is 0 Å². The average Bonchev–Trinajstić information content (AvgIpc) is 2.90. The molecule has 0 saturated carbocycles. The van der Waals surface area contributed by atoms with Crippen LogP contribution in [0.15, 0.2) is 30.2 Å². The van der Waals surface area contributed by atoms with Crippen molar-refractivity contribution < 1.29 is 27.5 Å². The number of hydrogen-bond acceptors (Lipinski definition) is 5. The number of halogens is 4. The number of anilines is 1. The second kappa shape index (κ2) is 7.53. The van der Waals surface area contributed by atoms with Gasteiger partial charge in [0.1, 0.15) is 0 Å². The molecular formula is C11H9F4N3O2S. The molecule has 0 radical (unpaired) electrons. The van der Waals surface area contributed by atoms with E-state index in [1.165, 1.54) is 17.5 Å². The van der Waals surface area contributed by atoms with E-state index >= 15 is 0 Å². The van der Waals surface area contributed by atoms with E-state index in [-0.39, 0.29) is 5.82 Å². The van der Waals surface area contributed by atoms with Crippen LogP contribution in [0.5, 0.6) is 0 Å². The monoisotopic (exact) mass is 323 g/mol. The maximum Gasteiger partial charge on any atom is 0.490 e. The van der Waals surface area contributed by atoms with Crippen LogP contribution < -0.4 is 5.32 Å². The Labute approximate surface area is 120 Å². The normalized spacial score (nSPS) is 10.5. The molecule has 0 spiro atoms. The van der Waals surface area contributed by atoms with Gasteiger partial charge in [-0.2, -0.15) is 13.2 Å². The Kier molecular flexibility index (Phi) is 6.03. The molecule has 2 N–H and O–H groups in total. The molecule has 0 aliphatic carbocycles. The third kappa shape index (κ3) is 6.17. The van der Waals surface area contributed by atoms with Gasteiger partial charge in [0.15, 0.2) is 5.82 Å². The van der Waals surface area contributed by atoms with E-state index in [0.717, 1.165) is 4.88 Å². The Balaban J connectivity index is 0.000000270. The summed E-state index contributed by atoms with van der Waals surface area (Å²) in [4.78, 5) is 17.6. The quantitative estimate of drug-likeness (QED) is 0.850. The second-order valence-electron chi connectivity index (χ2n) is 3.48. The summed E-state index contributed by atoms with van der Waals surface area (Å²) in [6, 6.07) is 1.61. The smallest absolute Gasteiger partial charge is 0.475 e. The summed E-state index contributed by atoms with van der Waals surface area (Å²) in [7, 11) is 0. The van der Waals surface area contributed by atoms with Crippen molar-refractivity contribution in [3.63, 3.8) is 0 Å². The Morgan fingerprint density at radius 2 is 2.00 bits per heavy atom. The summed E-state index contributed by atoms with van der Waals surface area (Å²) in [5, 5.41) is 10.1. The summed E-state index contributed by atoms with van der Waals surface area (Å²) >= 11 is 1.54. The predicted molar refractivity (Wildman–Crippen MR) is 67.3 cm³/mol. The number of rotatable bonds is 3. The van der Waals surface area contributed by atoms with Crippen molar-refractivity contribution in [1.82, 2.24) is 9.97 Å². The Bertz CT molecular complexity index is 575. The van der Waals surface area contributed by atoms with Gasteiger partial charge in [-0.25, -0.2) is 9.18 Å². The van der Waals surface area contributed by atoms with Crippen LogP contribution in [-0.4, -0.2) is 27.2 Å². The van der Waals surface area contributed by atoms with Crippen molar-refractivity contribution >= 4 is 23.0 Å². The standard InChI is InChI=1S/C9H8FN3S.C2HF3O2/c10-8-5-11-2-1-9(8)13-4-7-3-12-6-14-7;3-2(4,5)1(6)7/h1-3,5-6H,4H2,(H,11,13);(H,6,7). The topological polar surface area (TPSA) is 75.1 Å². The number of nitrogens with zero attached hydrogens (tertiary/aromatic N) is 2. The van der Waals surface area contributed by atoms with E-state index in [0.29, 0.717) is 12.2 Å². The van der Waals surface area contributed by atoms with Gasteiger partial charge in [0.05, 0.1) is 23.9 Å². The molecule has 0 aliphatic rings. The van der Waals surface area contributed by atoms with Crippen LogP contribution >= 0.6 is 11.3 Å². The summed E-state index contributed by atoms with van der Waals surface area (Å²) in [6.45, 7) is 0.589. The minimum atomic E-state index is -5.08. The lowest BCUT2D eigenvalue weighted by Gasteiger charge is -2.04. The molecule has 114 valence electrons. The fraction of sp³-hybridized carbons (Fsp3) is 0.182. The molecule has 2 aromatic rings. The molecule has 0 amide bonds. The van der Waals surface area contributed by atoms with Crippen LogP contribution in [0.25, 0.3) is 0 Å². The largest absolute Gasteiger partial charge is 0.490 e. The molecule has 21 heavy (non-hydrogen) atoms. The molecule has 2 rings (SSSR count). The lowest BCUT2D eigenvalue weighted by Crippen LogP contribution is -2.21. The van der Waals surface area contributed by atoms with E-state index in [1.807, 2.05) is 0 Å². The zero-order valence-corrected chi connectivity index (χ0v) is 11.1. The fourth-order valence-electron chi connectivity index (χ4n) is 1.03. The number of pyridine rings is 1. The van der Waals surface area contributed by atoms with Crippen LogP contribution in [0.4, 0.5) is 23.2 Å². The van der Waals surface area contributed by atoms with E-state index in [9.17, 15) is 17.6 Å². The summed E-state index contributed by atoms with van der Waals surface area (Å²) in [5.41, 5.74) is 2.22. The molecule has 0 saturated heterocycles. The number of thiazole rings is 1. The number of nitrogens with one attached hydrogen (secondary N) is 1. The fourth-order valence-corrected chi connectivity index (χ4v) is 1.56. The van der Waals surface area contributed by atoms with Crippen molar-refractivity contribution in [3.8, 4) is 0 Å². The van der Waals surface area contributed by atoms with Crippen LogP contribution in [0.1, 0.15) is 4.88 Å². The highest BCUT2D eigenvalue weighted by molar-refractivity contribution is 7.09. The zero-order valence-electron chi connectivity index (χ0n) is 10.3. The van der Waals surface area contributed by atoms with Gasteiger partial charge in [-0.15, -0.1) is 11.3 Å². The van der Waals surface area contributed by atoms with Crippen molar-refractivity contribution in [2.45, 2.75) is 12.7 Å². The lowest BCUT2D eigenvalue weighted by molar-refractivity contribution is -0.192. The number of aliphatic carboxylic acids is 1. The molecule has 5 nitrogen and oxygen atoms in total. The number of alkyl halides is 3. The first-order chi connectivity index (χ1) is 9.80. The predicted octanol–water partition coefficient (Wildman–Crippen LogP) is 2.92. The third-order valence-electron chi connectivity index (χ3n) is 1.95. The number of carbonyl (C=O) groups is 1. The van der Waals surface area contributed by atoms with E-state index in [2.05, 4.69) is 15.3 Å². The first kappa shape index (κ1) is 16.8. The van der Waals surface area contributed by atoms with Gasteiger partial charge < -0.3 is 10.4 Å². The second-order valence-corrected chi connectivity index (χ2v) is 4.45. The molecule has 0 aromatic carbocycles. The molecule has 0 atom stereocenters. The molecule has 0 bridgehead atoms. The minimum absolute atomic E-state index is 0.336. The highest BCUT2D eigenvalue weighted by atomic mass is 32.1. The van der Waals surface area contributed by atoms with Gasteiger partial charge >= 0.3 is 12.1 Å². The minimum Gasteiger partial charge on any atom is -0.475 e. The number of carboxylic acid groups (broad SMARTS) is 1. The molecule has 0 fully saturated rings.